The van der Waals surface area contributed by atoms with Crippen LogP contribution in [0.2, 0.25) is 0 Å². The quantitative estimate of drug-likeness (QED) is 0.767. The third-order valence-electron chi connectivity index (χ3n) is 3.92. The average Bonchev–Trinajstić information content (AvgIpc) is 2.56. The van der Waals surface area contributed by atoms with Crippen LogP contribution in [-0.2, 0) is 4.79 Å². The van der Waals surface area contributed by atoms with Crippen molar-refractivity contribution in [1.29, 1.82) is 0 Å². The van der Waals surface area contributed by atoms with E-state index in [0.717, 1.165) is 25.9 Å². The Morgan fingerprint density at radius 2 is 2.18 bits per heavy atom. The summed E-state index contributed by atoms with van der Waals surface area (Å²) in [5, 5.41) is 6.53. The maximum Gasteiger partial charge on any atom is 0.221 e. The molecule has 1 unspecified atom stereocenters. The Labute approximate surface area is 109 Å². The second-order valence-corrected chi connectivity index (χ2v) is 6.14. The molecule has 4 heteroatoms. The molecule has 1 amide bonds. The van der Waals surface area contributed by atoms with Gasteiger partial charge in [0.1, 0.15) is 0 Å². The largest absolute Gasteiger partial charge is 0.356 e. The second kappa shape index (κ2) is 7.27. The van der Waals surface area contributed by atoms with Crippen molar-refractivity contribution in [1.82, 2.24) is 10.6 Å². The maximum atomic E-state index is 11.5. The van der Waals surface area contributed by atoms with Gasteiger partial charge in [-0.2, -0.15) is 11.8 Å². The number of nitrogens with one attached hydrogen (secondary N) is 2. The van der Waals surface area contributed by atoms with Gasteiger partial charge in [0.25, 0.3) is 0 Å². The first-order valence-electron chi connectivity index (χ1n) is 6.71. The summed E-state index contributed by atoms with van der Waals surface area (Å²) in [6.07, 6.45) is 7.38. The monoisotopic (exact) mass is 258 g/mol. The van der Waals surface area contributed by atoms with Gasteiger partial charge in [-0.3, -0.25) is 4.79 Å². The Morgan fingerprint density at radius 1 is 1.47 bits per heavy atom. The molecule has 17 heavy (non-hydrogen) atoms. The van der Waals surface area contributed by atoms with Crippen molar-refractivity contribution in [3.05, 3.63) is 0 Å². The van der Waals surface area contributed by atoms with Gasteiger partial charge in [-0.25, -0.2) is 0 Å². The summed E-state index contributed by atoms with van der Waals surface area (Å²) < 4.78 is 0.336. The lowest BCUT2D eigenvalue weighted by Crippen LogP contribution is -2.42. The fourth-order valence-electron chi connectivity index (χ4n) is 2.34. The summed E-state index contributed by atoms with van der Waals surface area (Å²) in [5.74, 6) is 0.197. The predicted octanol–water partition coefficient (Wildman–Crippen LogP) is 2.17. The Kier molecular flexibility index (Phi) is 6.34. The number of hydrogen-bond donors (Lipinski definition) is 2. The van der Waals surface area contributed by atoms with E-state index in [1.807, 2.05) is 11.8 Å². The van der Waals surface area contributed by atoms with Crippen molar-refractivity contribution in [3.63, 3.8) is 0 Å². The Bertz CT molecular complexity index is 233. The van der Waals surface area contributed by atoms with E-state index in [-0.39, 0.29) is 5.91 Å². The van der Waals surface area contributed by atoms with E-state index in [4.69, 9.17) is 0 Å². The number of amides is 1. The summed E-state index contributed by atoms with van der Waals surface area (Å²) in [5.41, 5.74) is 0. The van der Waals surface area contributed by atoms with Gasteiger partial charge in [0, 0.05) is 30.3 Å². The fourth-order valence-corrected chi connectivity index (χ4v) is 3.14. The highest BCUT2D eigenvalue weighted by atomic mass is 32.2. The van der Waals surface area contributed by atoms with Gasteiger partial charge < -0.3 is 10.6 Å². The first kappa shape index (κ1) is 14.8. The molecule has 1 atom stereocenters. The molecule has 0 radical (unpaired) electrons. The number of hydrogen-bond acceptors (Lipinski definition) is 3. The topological polar surface area (TPSA) is 41.1 Å². The van der Waals surface area contributed by atoms with Gasteiger partial charge in [-0.05, 0) is 31.9 Å². The lowest BCUT2D eigenvalue weighted by Gasteiger charge is -2.32. The van der Waals surface area contributed by atoms with E-state index in [2.05, 4.69) is 30.7 Å². The minimum atomic E-state index is 0.197. The van der Waals surface area contributed by atoms with Crippen molar-refractivity contribution < 1.29 is 4.79 Å². The average molecular weight is 258 g/mol. The summed E-state index contributed by atoms with van der Waals surface area (Å²) in [7, 11) is 0. The summed E-state index contributed by atoms with van der Waals surface area (Å²) in [4.78, 5) is 11.5. The minimum absolute atomic E-state index is 0.197. The van der Waals surface area contributed by atoms with Gasteiger partial charge in [0.05, 0.1) is 0 Å². The van der Waals surface area contributed by atoms with Crippen LogP contribution in [0.1, 0.15) is 46.0 Å². The molecule has 1 saturated heterocycles. The highest BCUT2D eigenvalue weighted by Crippen LogP contribution is 2.29. The molecule has 0 bridgehead atoms. The number of thioether (sulfide) groups is 1. The van der Waals surface area contributed by atoms with Gasteiger partial charge in [0.2, 0.25) is 5.91 Å². The standard InChI is InChI=1S/C13H26N2OS/c1-4-13(5-2,17-3)10-15-11-7-6-8-14-12(16)9-11/h11,15H,4-10H2,1-3H3,(H,14,16). The Hall–Kier alpha value is -0.220. The van der Waals surface area contributed by atoms with Crippen LogP contribution in [0.3, 0.4) is 0 Å². The molecule has 2 N–H and O–H groups in total. The molecular formula is C13H26N2OS. The van der Waals surface area contributed by atoms with Crippen LogP contribution in [0, 0.1) is 0 Å². The molecule has 1 aliphatic heterocycles. The van der Waals surface area contributed by atoms with E-state index in [1.54, 1.807) is 0 Å². The third-order valence-corrected chi connectivity index (χ3v) is 5.51. The Morgan fingerprint density at radius 3 is 2.76 bits per heavy atom. The summed E-state index contributed by atoms with van der Waals surface area (Å²) in [6, 6.07) is 0.363. The zero-order valence-corrected chi connectivity index (χ0v) is 12.2. The molecule has 100 valence electrons. The third kappa shape index (κ3) is 4.51. The molecule has 3 nitrogen and oxygen atoms in total. The molecule has 1 aliphatic rings. The normalized spacial score (nSPS) is 22.1. The van der Waals surface area contributed by atoms with Gasteiger partial charge in [-0.15, -0.1) is 0 Å². The predicted molar refractivity (Wildman–Crippen MR) is 75.5 cm³/mol. The zero-order valence-electron chi connectivity index (χ0n) is 11.3. The molecule has 0 aliphatic carbocycles. The van der Waals surface area contributed by atoms with Gasteiger partial charge >= 0.3 is 0 Å². The van der Waals surface area contributed by atoms with Crippen LogP contribution in [-0.4, -0.2) is 36.0 Å². The molecule has 0 aromatic heterocycles. The van der Waals surface area contributed by atoms with Crippen molar-refractivity contribution >= 4 is 17.7 Å². The minimum Gasteiger partial charge on any atom is -0.356 e. The van der Waals surface area contributed by atoms with E-state index in [0.29, 0.717) is 17.2 Å². The molecule has 0 spiro atoms. The highest BCUT2D eigenvalue weighted by Gasteiger charge is 2.26. The fraction of sp³-hybridized carbons (Fsp3) is 0.923. The van der Waals surface area contributed by atoms with Crippen LogP contribution in [0.4, 0.5) is 0 Å². The SMILES string of the molecule is CCC(CC)(CNC1CCCNC(=O)C1)SC. The Balaban J connectivity index is 2.44. The van der Waals surface area contributed by atoms with E-state index < -0.39 is 0 Å². The first-order chi connectivity index (χ1) is 8.15. The molecule has 1 rings (SSSR count). The first-order valence-corrected chi connectivity index (χ1v) is 7.93. The van der Waals surface area contributed by atoms with Crippen LogP contribution >= 0.6 is 11.8 Å². The smallest absolute Gasteiger partial charge is 0.221 e. The zero-order chi connectivity index (χ0) is 12.7. The van der Waals surface area contributed by atoms with E-state index >= 15 is 0 Å². The lowest BCUT2D eigenvalue weighted by atomic mass is 10.0. The molecule has 0 aromatic carbocycles. The van der Waals surface area contributed by atoms with Gasteiger partial charge in [0.15, 0.2) is 0 Å². The van der Waals surface area contributed by atoms with Crippen LogP contribution in [0.5, 0.6) is 0 Å². The second-order valence-electron chi connectivity index (χ2n) is 4.87. The van der Waals surface area contributed by atoms with Crippen LogP contribution in [0.25, 0.3) is 0 Å². The van der Waals surface area contributed by atoms with Crippen LogP contribution < -0.4 is 10.6 Å². The summed E-state index contributed by atoms with van der Waals surface area (Å²) >= 11 is 1.95. The summed E-state index contributed by atoms with van der Waals surface area (Å²) in [6.45, 7) is 6.36. The molecule has 0 saturated carbocycles. The van der Waals surface area contributed by atoms with E-state index in [1.165, 1.54) is 12.8 Å². The molecule has 1 heterocycles. The van der Waals surface area contributed by atoms with Crippen molar-refractivity contribution in [2.45, 2.75) is 56.7 Å². The lowest BCUT2D eigenvalue weighted by molar-refractivity contribution is -0.121. The highest BCUT2D eigenvalue weighted by molar-refractivity contribution is 8.00. The van der Waals surface area contributed by atoms with Crippen molar-refractivity contribution in [3.8, 4) is 0 Å². The number of carbonyl (C=O) groups excluding carboxylic acids is 1. The van der Waals surface area contributed by atoms with Crippen molar-refractivity contribution in [2.24, 2.45) is 0 Å². The molecule has 1 fully saturated rings. The maximum absolute atomic E-state index is 11.5. The van der Waals surface area contributed by atoms with Gasteiger partial charge in [-0.1, -0.05) is 13.8 Å². The number of rotatable bonds is 6. The molecular weight excluding hydrogens is 232 g/mol. The molecule has 0 aromatic rings. The number of carbonyl (C=O) groups is 1. The van der Waals surface area contributed by atoms with Crippen molar-refractivity contribution in [2.75, 3.05) is 19.3 Å². The van der Waals surface area contributed by atoms with Crippen LogP contribution in [0.15, 0.2) is 0 Å². The van der Waals surface area contributed by atoms with E-state index in [9.17, 15) is 4.79 Å².